The third-order valence-electron chi connectivity index (χ3n) is 3.48. The van der Waals surface area contributed by atoms with Crippen LogP contribution in [0, 0.1) is 0 Å². The minimum Gasteiger partial charge on any atom is -0.423 e. The van der Waals surface area contributed by atoms with E-state index in [0.717, 1.165) is 22.7 Å². The van der Waals surface area contributed by atoms with E-state index in [9.17, 15) is 34.5 Å². The number of hydrogen-bond acceptors (Lipinski definition) is 9. The molecule has 142 valence electrons. The maximum atomic E-state index is 12.3. The van der Waals surface area contributed by atoms with E-state index < -0.39 is 38.0 Å². The van der Waals surface area contributed by atoms with Gasteiger partial charge in [-0.25, -0.2) is 0 Å². The van der Waals surface area contributed by atoms with Gasteiger partial charge in [0, 0.05) is 17.5 Å². The molecule has 3 amide bonds. The van der Waals surface area contributed by atoms with Gasteiger partial charge in [-0.1, -0.05) is 12.1 Å². The van der Waals surface area contributed by atoms with Crippen LogP contribution in [0.5, 0.6) is 0 Å². The van der Waals surface area contributed by atoms with Crippen LogP contribution in [0.25, 0.3) is 0 Å². The Bertz CT molecular complexity index is 839. The molecule has 0 radical (unpaired) electrons. The lowest BCUT2D eigenvalue weighted by Gasteiger charge is -2.16. The highest BCUT2D eigenvalue weighted by Gasteiger charge is 2.27. The van der Waals surface area contributed by atoms with Crippen LogP contribution in [-0.4, -0.2) is 64.6 Å². The molecule has 0 aliphatic rings. The van der Waals surface area contributed by atoms with Gasteiger partial charge in [0.25, 0.3) is 11.8 Å². The number of hydrogen-bond donors (Lipinski definition) is 7. The van der Waals surface area contributed by atoms with Gasteiger partial charge in [0.1, 0.15) is 6.04 Å². The molecule has 1 atom stereocenters. The number of carbonyl (C=O) groups is 3. The Morgan fingerprint density at radius 3 is 1.89 bits per heavy atom. The minimum absolute atomic E-state index is 0.00785. The van der Waals surface area contributed by atoms with Crippen LogP contribution in [0.4, 0.5) is 0 Å². The van der Waals surface area contributed by atoms with Gasteiger partial charge in [-0.3, -0.25) is 14.4 Å². The molecular weight excluding hydrogens is 396 g/mol. The summed E-state index contributed by atoms with van der Waals surface area (Å²) >= 11 is 1.92. The molecule has 14 heteroatoms. The smallest absolute Gasteiger partial charge is 0.423 e. The maximum absolute atomic E-state index is 12.3. The number of nitrogens with one attached hydrogen (secondary N) is 2. The van der Waals surface area contributed by atoms with E-state index in [2.05, 4.69) is 10.6 Å². The van der Waals surface area contributed by atoms with Crippen LogP contribution in [0.3, 0.4) is 0 Å². The van der Waals surface area contributed by atoms with E-state index in [-0.39, 0.29) is 27.2 Å². The van der Waals surface area contributed by atoms with Gasteiger partial charge in [0.2, 0.25) is 5.91 Å². The van der Waals surface area contributed by atoms with Crippen LogP contribution in [-0.2, 0) is 4.79 Å². The minimum atomic E-state index is -1.86. The van der Waals surface area contributed by atoms with Crippen LogP contribution < -0.4 is 27.3 Å². The lowest BCUT2D eigenvalue weighted by atomic mass is 9.80. The summed E-state index contributed by atoms with van der Waals surface area (Å²) in [5.41, 5.74) is 5.23. The Balaban J connectivity index is 2.04. The molecule has 2 aromatic heterocycles. The van der Waals surface area contributed by atoms with Crippen molar-refractivity contribution in [2.75, 3.05) is 6.54 Å². The topological polar surface area (TPSA) is 182 Å². The predicted octanol–water partition coefficient (Wildman–Crippen LogP) is -3.82. The number of carbonyl (C=O) groups excluding carboxylic acids is 3. The highest BCUT2D eigenvalue weighted by atomic mass is 32.1. The first-order valence-electron chi connectivity index (χ1n) is 7.47. The van der Waals surface area contributed by atoms with E-state index in [4.69, 9.17) is 5.73 Å². The Hall–Kier alpha value is -2.22. The monoisotopic (exact) mass is 411 g/mol. The number of nitrogens with two attached hydrogens (primary N) is 1. The molecule has 2 aromatic rings. The Morgan fingerprint density at radius 2 is 1.44 bits per heavy atom. The summed E-state index contributed by atoms with van der Waals surface area (Å²) in [4.78, 5) is 36.0. The Morgan fingerprint density at radius 1 is 0.963 bits per heavy atom. The molecule has 0 spiro atoms. The second-order valence-corrected chi connectivity index (χ2v) is 7.13. The fourth-order valence-corrected chi connectivity index (χ4v) is 3.80. The molecule has 27 heavy (non-hydrogen) atoms. The molecule has 10 nitrogen and oxygen atoms in total. The van der Waals surface area contributed by atoms with Gasteiger partial charge in [-0.2, -0.15) is 0 Å². The van der Waals surface area contributed by atoms with E-state index in [1.54, 1.807) is 0 Å². The molecule has 0 aliphatic carbocycles. The first-order valence-corrected chi connectivity index (χ1v) is 9.23. The van der Waals surface area contributed by atoms with Gasteiger partial charge >= 0.3 is 14.2 Å². The molecule has 0 aromatic carbocycles. The molecule has 1 unspecified atom stereocenters. The fraction of sp³-hybridized carbons (Fsp3) is 0.154. The Kier molecular flexibility index (Phi) is 7.12. The van der Waals surface area contributed by atoms with Crippen molar-refractivity contribution in [1.82, 2.24) is 10.6 Å². The summed E-state index contributed by atoms with van der Waals surface area (Å²) in [5, 5.41) is 44.6. The zero-order valence-corrected chi connectivity index (χ0v) is 15.3. The number of primary amides is 1. The quantitative estimate of drug-likeness (QED) is 0.217. The van der Waals surface area contributed by atoms with Crippen molar-refractivity contribution in [1.29, 1.82) is 0 Å². The molecule has 0 saturated carbocycles. The summed E-state index contributed by atoms with van der Waals surface area (Å²) in [6.07, 6.45) is 0. The van der Waals surface area contributed by atoms with Crippen molar-refractivity contribution in [2.45, 2.75) is 6.04 Å². The molecular formula is C13H15B2N3O7S2. The number of rotatable bonds is 8. The fourth-order valence-electron chi connectivity index (χ4n) is 2.14. The van der Waals surface area contributed by atoms with Crippen LogP contribution in [0.1, 0.15) is 19.3 Å². The normalized spacial score (nSPS) is 11.6. The van der Waals surface area contributed by atoms with Crippen LogP contribution in [0.2, 0.25) is 0 Å². The average Bonchev–Trinajstić information content (AvgIpc) is 3.26. The average molecular weight is 411 g/mol. The van der Waals surface area contributed by atoms with Crippen molar-refractivity contribution in [2.24, 2.45) is 5.73 Å². The highest BCUT2D eigenvalue weighted by molar-refractivity contribution is 7.14. The zero-order valence-electron chi connectivity index (χ0n) is 13.7. The Labute approximate surface area is 161 Å². The summed E-state index contributed by atoms with van der Waals surface area (Å²) in [6, 6.07) is 1.45. The second kappa shape index (κ2) is 9.12. The third-order valence-corrected chi connectivity index (χ3v) is 5.33. The first kappa shape index (κ1) is 21.1. The molecule has 8 N–H and O–H groups in total. The summed E-state index contributed by atoms with van der Waals surface area (Å²) in [7, 11) is -3.68. The molecule has 0 bridgehead atoms. The standard InChI is InChI=1S/C13H15B2N3O7S2/c16-11(19)8(18-13(21)10-7(15(24)25)2-4-27-10)5-17-12(20)9-6(14(22)23)1-3-26-9/h1-4,8,22-25H,5H2,(H2,16,19)(H,17,20)(H,18,21). The zero-order chi connectivity index (χ0) is 20.1. The van der Waals surface area contributed by atoms with Crippen molar-refractivity contribution < 1.29 is 34.5 Å². The lowest BCUT2D eigenvalue weighted by molar-refractivity contribution is -0.119. The van der Waals surface area contributed by atoms with Crippen molar-refractivity contribution >= 4 is 65.6 Å². The third kappa shape index (κ3) is 5.15. The van der Waals surface area contributed by atoms with Gasteiger partial charge < -0.3 is 36.5 Å². The lowest BCUT2D eigenvalue weighted by Crippen LogP contribution is -2.52. The predicted molar refractivity (Wildman–Crippen MR) is 101 cm³/mol. The van der Waals surface area contributed by atoms with Gasteiger partial charge in [0.15, 0.2) is 0 Å². The second-order valence-electron chi connectivity index (χ2n) is 5.30. The van der Waals surface area contributed by atoms with Crippen LogP contribution in [0.15, 0.2) is 22.9 Å². The van der Waals surface area contributed by atoms with Gasteiger partial charge in [-0.15, -0.1) is 22.7 Å². The van der Waals surface area contributed by atoms with Crippen LogP contribution >= 0.6 is 22.7 Å². The first-order chi connectivity index (χ1) is 12.7. The largest absolute Gasteiger partial charge is 0.490 e. The van der Waals surface area contributed by atoms with E-state index in [1.165, 1.54) is 22.9 Å². The molecule has 0 aliphatic heterocycles. The maximum Gasteiger partial charge on any atom is 0.490 e. The molecule has 0 fully saturated rings. The summed E-state index contributed by atoms with van der Waals surface area (Å²) < 4.78 is 0. The summed E-state index contributed by atoms with van der Waals surface area (Å²) in [5.74, 6) is -2.34. The molecule has 0 saturated heterocycles. The number of amides is 3. The van der Waals surface area contributed by atoms with Crippen molar-refractivity contribution in [3.8, 4) is 0 Å². The van der Waals surface area contributed by atoms with Crippen molar-refractivity contribution in [3.05, 3.63) is 32.6 Å². The van der Waals surface area contributed by atoms with E-state index in [1.807, 2.05) is 0 Å². The highest BCUT2D eigenvalue weighted by Crippen LogP contribution is 2.08. The van der Waals surface area contributed by atoms with E-state index >= 15 is 0 Å². The molecule has 2 rings (SSSR count). The molecule has 2 heterocycles. The number of thiophene rings is 2. The van der Waals surface area contributed by atoms with Crippen molar-refractivity contribution in [3.63, 3.8) is 0 Å². The SMILES string of the molecule is NC(=O)C(CNC(=O)c1sccc1B(O)O)NC(=O)c1sccc1B(O)O. The van der Waals surface area contributed by atoms with Gasteiger partial charge in [0.05, 0.1) is 9.75 Å². The van der Waals surface area contributed by atoms with Gasteiger partial charge in [-0.05, 0) is 10.8 Å². The van der Waals surface area contributed by atoms with E-state index in [0.29, 0.717) is 0 Å². The summed E-state index contributed by atoms with van der Waals surface area (Å²) in [6.45, 7) is -0.346.